The fourth-order valence-corrected chi connectivity index (χ4v) is 4.61. The predicted octanol–water partition coefficient (Wildman–Crippen LogP) is 2.98. The molecule has 8 nitrogen and oxygen atoms in total. The Labute approximate surface area is 175 Å². The summed E-state index contributed by atoms with van der Waals surface area (Å²) >= 11 is 0. The van der Waals surface area contributed by atoms with Crippen LogP contribution in [0.4, 0.5) is 5.82 Å². The monoisotopic (exact) mass is 409 g/mol. The minimum atomic E-state index is 0.0114. The van der Waals surface area contributed by atoms with E-state index in [1.165, 1.54) is 17.6 Å². The Balaban J connectivity index is 1.40. The Morgan fingerprint density at radius 2 is 2.03 bits per heavy atom. The van der Waals surface area contributed by atoms with Crippen LogP contribution in [0.1, 0.15) is 65.9 Å². The first kappa shape index (κ1) is 19.1. The van der Waals surface area contributed by atoms with Gasteiger partial charge >= 0.3 is 0 Å². The van der Waals surface area contributed by atoms with Crippen LogP contribution in [0.5, 0.6) is 0 Å². The van der Waals surface area contributed by atoms with Crippen molar-refractivity contribution >= 4 is 22.8 Å². The zero-order valence-corrected chi connectivity index (χ0v) is 18.1. The molecule has 1 aliphatic heterocycles. The molecule has 8 heteroatoms. The Morgan fingerprint density at radius 3 is 2.67 bits per heavy atom. The van der Waals surface area contributed by atoms with E-state index in [1.54, 1.807) is 0 Å². The van der Waals surface area contributed by atoms with E-state index in [9.17, 15) is 4.79 Å². The van der Waals surface area contributed by atoms with Crippen LogP contribution in [0.25, 0.3) is 11.1 Å². The summed E-state index contributed by atoms with van der Waals surface area (Å²) in [5.74, 6) is 1.77. The van der Waals surface area contributed by atoms with E-state index < -0.39 is 0 Å². The maximum Gasteiger partial charge on any atom is 0.258 e. The van der Waals surface area contributed by atoms with E-state index in [0.29, 0.717) is 34.2 Å². The highest BCUT2D eigenvalue weighted by molar-refractivity contribution is 6.10. The van der Waals surface area contributed by atoms with Crippen LogP contribution in [0.15, 0.2) is 16.9 Å². The number of carbonyl (C=O) groups is 1. The number of hydrogen-bond donors (Lipinski definition) is 2. The van der Waals surface area contributed by atoms with Crippen molar-refractivity contribution in [2.24, 2.45) is 7.05 Å². The van der Waals surface area contributed by atoms with Crippen molar-refractivity contribution in [1.29, 1.82) is 0 Å². The minimum Gasteiger partial charge on any atom is -0.442 e. The van der Waals surface area contributed by atoms with Crippen LogP contribution < -0.4 is 10.00 Å². The third-order valence-electron chi connectivity index (χ3n) is 6.60. The predicted molar refractivity (Wildman–Crippen MR) is 112 cm³/mol. The van der Waals surface area contributed by atoms with E-state index >= 15 is 0 Å². The van der Waals surface area contributed by atoms with Gasteiger partial charge in [0.05, 0.1) is 16.6 Å². The van der Waals surface area contributed by atoms with E-state index in [0.717, 1.165) is 38.8 Å². The molecule has 0 aromatic carbocycles. The summed E-state index contributed by atoms with van der Waals surface area (Å²) in [5.41, 5.74) is 3.68. The van der Waals surface area contributed by atoms with E-state index in [-0.39, 0.29) is 11.4 Å². The molecule has 2 aliphatic rings. The number of amides is 1. The molecule has 158 valence electrons. The third-order valence-corrected chi connectivity index (χ3v) is 6.60. The second kappa shape index (κ2) is 6.82. The molecule has 0 radical (unpaired) electrons. The van der Waals surface area contributed by atoms with Crippen molar-refractivity contribution in [1.82, 2.24) is 20.0 Å². The van der Waals surface area contributed by atoms with Gasteiger partial charge in [0.15, 0.2) is 13.2 Å². The van der Waals surface area contributed by atoms with Crippen LogP contribution in [0.2, 0.25) is 0 Å². The number of aromatic amines is 1. The summed E-state index contributed by atoms with van der Waals surface area (Å²) in [5, 5.41) is 7.63. The number of nitrogens with zero attached hydrogens (tertiary/aromatic N) is 4. The maximum atomic E-state index is 13.5. The van der Waals surface area contributed by atoms with E-state index in [1.807, 2.05) is 23.6 Å². The van der Waals surface area contributed by atoms with Gasteiger partial charge in [0, 0.05) is 30.1 Å². The molecule has 30 heavy (non-hydrogen) atoms. The van der Waals surface area contributed by atoms with Crippen LogP contribution >= 0.6 is 0 Å². The molecule has 2 fully saturated rings. The molecule has 1 amide bonds. The summed E-state index contributed by atoms with van der Waals surface area (Å²) in [6, 6.07) is 0. The van der Waals surface area contributed by atoms with Gasteiger partial charge in [-0.2, -0.15) is 5.10 Å². The fraction of sp³-hybridized carbons (Fsp3) is 0.545. The average Bonchev–Trinajstić information content (AvgIpc) is 3.18. The largest absolute Gasteiger partial charge is 0.442 e. The zero-order chi connectivity index (χ0) is 21.0. The van der Waals surface area contributed by atoms with Crippen LogP contribution in [-0.2, 0) is 7.05 Å². The fourth-order valence-electron chi connectivity index (χ4n) is 4.61. The van der Waals surface area contributed by atoms with Gasteiger partial charge in [-0.15, -0.1) is 4.68 Å². The number of anilines is 1. The smallest absolute Gasteiger partial charge is 0.258 e. The number of carbonyl (C=O) groups excluding carboxylic acids is 1. The third kappa shape index (κ3) is 3.24. The number of nitrogens with one attached hydrogen (secondary N) is 2. The van der Waals surface area contributed by atoms with E-state index in [2.05, 4.69) is 40.4 Å². The Morgan fingerprint density at radius 1 is 1.30 bits per heavy atom. The van der Waals surface area contributed by atoms with Crippen LogP contribution in [-0.4, -0.2) is 44.5 Å². The van der Waals surface area contributed by atoms with Crippen molar-refractivity contribution < 1.29 is 13.9 Å². The van der Waals surface area contributed by atoms with Crippen molar-refractivity contribution in [3.63, 3.8) is 0 Å². The zero-order valence-electron chi connectivity index (χ0n) is 18.1. The molecule has 1 saturated carbocycles. The molecule has 0 unspecified atom stereocenters. The maximum absolute atomic E-state index is 13.5. The lowest BCUT2D eigenvalue weighted by Crippen LogP contribution is -2.38. The summed E-state index contributed by atoms with van der Waals surface area (Å²) in [7, 11) is 2.01. The number of aryl methyl sites for hydroxylation is 3. The lowest BCUT2D eigenvalue weighted by Gasteiger charge is -2.31. The lowest BCUT2D eigenvalue weighted by molar-refractivity contribution is -0.727. The minimum absolute atomic E-state index is 0.0114. The molecule has 2 N–H and O–H groups in total. The summed E-state index contributed by atoms with van der Waals surface area (Å²) in [4.78, 5) is 24.2. The number of hydrogen-bond acceptors (Lipinski definition) is 5. The summed E-state index contributed by atoms with van der Waals surface area (Å²) in [6.45, 7) is 7.60. The Hall–Kier alpha value is -2.90. The topological polar surface area (TPSA) is 90.9 Å². The number of likely N-dealkylation sites (tertiary alicyclic amines) is 1. The highest BCUT2D eigenvalue weighted by atomic mass is 16.3. The van der Waals surface area contributed by atoms with Gasteiger partial charge in [0.2, 0.25) is 5.71 Å². The van der Waals surface area contributed by atoms with Gasteiger partial charge in [-0.25, -0.2) is 9.97 Å². The molecule has 5 rings (SSSR count). The first-order valence-electron chi connectivity index (χ1n) is 10.7. The lowest BCUT2D eigenvalue weighted by atomic mass is 9.91. The number of furan rings is 1. The number of H-pyrrole nitrogens is 1. The Bertz CT molecular complexity index is 1120. The van der Waals surface area contributed by atoms with Crippen LogP contribution in [0.3, 0.4) is 0 Å². The molecule has 3 aromatic heterocycles. The standard InChI is InChI=1S/C22H28N6O2/c1-13-11-27(4)26-18(13)15-5-9-28(10-6-15)21(29)16-14(2)30-20-17(16)19(23-12-24-20)25-22(3)7-8-22/h11-12,15H,5-10H2,1-4H3,(H,23,24,25)/p+1. The SMILES string of the molecule is Cc1c[n+](C)[nH]c1C1CCN(C(=O)c2c(C)oc3ncnc(NC4(C)CC4)c23)CC1. The number of piperidine rings is 1. The van der Waals surface area contributed by atoms with Gasteiger partial charge in [-0.05, 0) is 46.5 Å². The second-order valence-electron chi connectivity index (χ2n) is 9.14. The number of aromatic nitrogens is 4. The van der Waals surface area contributed by atoms with Gasteiger partial charge < -0.3 is 14.6 Å². The highest BCUT2D eigenvalue weighted by Gasteiger charge is 2.39. The van der Waals surface area contributed by atoms with Crippen molar-refractivity contribution in [2.75, 3.05) is 18.4 Å². The first-order valence-corrected chi connectivity index (χ1v) is 10.7. The number of rotatable bonds is 4. The quantitative estimate of drug-likeness (QED) is 0.647. The average molecular weight is 410 g/mol. The second-order valence-corrected chi connectivity index (χ2v) is 9.14. The highest BCUT2D eigenvalue weighted by Crippen LogP contribution is 2.40. The van der Waals surface area contributed by atoms with Crippen molar-refractivity contribution in [3.8, 4) is 0 Å². The molecular weight excluding hydrogens is 380 g/mol. The van der Waals surface area contributed by atoms with Gasteiger partial charge in [-0.3, -0.25) is 4.79 Å². The molecule has 3 aromatic rings. The van der Waals surface area contributed by atoms with E-state index in [4.69, 9.17) is 4.42 Å². The molecule has 1 saturated heterocycles. The van der Waals surface area contributed by atoms with Crippen molar-refractivity contribution in [3.05, 3.63) is 35.1 Å². The van der Waals surface area contributed by atoms with Gasteiger partial charge in [-0.1, -0.05) is 0 Å². The molecule has 0 bridgehead atoms. The number of fused-ring (bicyclic) bond motifs is 1. The van der Waals surface area contributed by atoms with Gasteiger partial charge in [0.1, 0.15) is 17.9 Å². The Kier molecular flexibility index (Phi) is 4.34. The van der Waals surface area contributed by atoms with Crippen molar-refractivity contribution in [2.45, 2.75) is 57.9 Å². The molecular formula is C22H29N6O2+. The summed E-state index contributed by atoms with van der Waals surface area (Å²) < 4.78 is 7.85. The first-order chi connectivity index (χ1) is 14.3. The molecule has 4 heterocycles. The summed E-state index contributed by atoms with van der Waals surface area (Å²) in [6.07, 6.45) is 7.70. The molecule has 0 atom stereocenters. The molecule has 0 spiro atoms. The molecule has 1 aliphatic carbocycles. The normalized spacial score (nSPS) is 18.7. The van der Waals surface area contributed by atoms with Crippen LogP contribution in [0, 0.1) is 13.8 Å². The van der Waals surface area contributed by atoms with Gasteiger partial charge in [0.25, 0.3) is 5.91 Å².